The fourth-order valence-corrected chi connectivity index (χ4v) is 2.89. The normalized spacial score (nSPS) is 11.2. The molecule has 1 aromatic heterocycles. The Morgan fingerprint density at radius 3 is 2.37 bits per heavy atom. The number of Topliss-reactive ketones (excluding diaryl/α,β-unsaturated/α-hetero) is 1. The van der Waals surface area contributed by atoms with Crippen LogP contribution in [0.25, 0.3) is 11.5 Å². The highest BCUT2D eigenvalue weighted by Crippen LogP contribution is 2.26. The van der Waals surface area contributed by atoms with Gasteiger partial charge >= 0.3 is 0 Å². The van der Waals surface area contributed by atoms with Crippen molar-refractivity contribution in [3.05, 3.63) is 65.5 Å². The number of hydrogen-bond acceptors (Lipinski definition) is 5. The van der Waals surface area contributed by atoms with E-state index < -0.39 is 0 Å². The molecule has 0 unspecified atom stereocenters. The predicted molar refractivity (Wildman–Crippen MR) is 104 cm³/mol. The van der Waals surface area contributed by atoms with Gasteiger partial charge in [-0.3, -0.25) is 4.79 Å². The minimum absolute atomic E-state index is 0.000644. The van der Waals surface area contributed by atoms with Gasteiger partial charge in [0.25, 0.3) is 0 Å². The van der Waals surface area contributed by atoms with E-state index in [9.17, 15) is 4.79 Å². The fourth-order valence-electron chi connectivity index (χ4n) is 2.89. The lowest BCUT2D eigenvalue weighted by molar-refractivity contribution is 0.0920. The van der Waals surface area contributed by atoms with Crippen LogP contribution in [0.1, 0.15) is 61.0 Å². The van der Waals surface area contributed by atoms with Crippen LogP contribution in [-0.4, -0.2) is 22.6 Å². The Hall–Kier alpha value is -2.95. The number of carbonyl (C=O) groups excluding carboxylic acids is 1. The summed E-state index contributed by atoms with van der Waals surface area (Å²) in [6, 6.07) is 13.3. The third-order valence-electron chi connectivity index (χ3n) is 4.50. The van der Waals surface area contributed by atoms with Crippen LogP contribution in [0.3, 0.4) is 0 Å². The van der Waals surface area contributed by atoms with E-state index in [4.69, 9.17) is 9.15 Å². The molecule has 1 heterocycles. The highest BCUT2D eigenvalue weighted by atomic mass is 16.5. The molecule has 3 rings (SSSR count). The first-order chi connectivity index (χ1) is 13.0. The Morgan fingerprint density at radius 2 is 1.78 bits per heavy atom. The Morgan fingerprint density at radius 1 is 1.04 bits per heavy atom. The van der Waals surface area contributed by atoms with Crippen LogP contribution < -0.4 is 4.74 Å². The number of aromatic nitrogens is 2. The Labute approximate surface area is 159 Å². The van der Waals surface area contributed by atoms with Crippen LogP contribution >= 0.6 is 0 Å². The van der Waals surface area contributed by atoms with Gasteiger partial charge in [-0.05, 0) is 47.2 Å². The summed E-state index contributed by atoms with van der Waals surface area (Å²) in [6.07, 6.45) is 1.29. The van der Waals surface area contributed by atoms with Crippen molar-refractivity contribution in [1.82, 2.24) is 10.2 Å². The largest absolute Gasteiger partial charge is 0.485 e. The number of ketones is 1. The molecule has 0 amide bonds. The summed E-state index contributed by atoms with van der Waals surface area (Å²) in [6.45, 7) is 8.52. The molecular weight excluding hydrogens is 340 g/mol. The summed E-state index contributed by atoms with van der Waals surface area (Å²) in [5, 5.41) is 7.52. The zero-order chi connectivity index (χ0) is 19.4. The van der Waals surface area contributed by atoms with Crippen LogP contribution in [-0.2, 0) is 0 Å². The second-order valence-electron chi connectivity index (χ2n) is 7.14. The number of ether oxygens (including phenoxy) is 1. The lowest BCUT2D eigenvalue weighted by Crippen LogP contribution is -2.14. The third-order valence-corrected chi connectivity index (χ3v) is 4.50. The SMILES string of the molecule is CC(C)c1ccc(C(=O)COc2ccc(-c3nnco3)cc2)c(C(C)C)c1. The van der Waals surface area contributed by atoms with E-state index in [-0.39, 0.29) is 18.3 Å². The molecule has 140 valence electrons. The van der Waals surface area contributed by atoms with Crippen LogP contribution in [0.2, 0.25) is 0 Å². The Bertz CT molecular complexity index is 898. The Kier molecular flexibility index (Phi) is 5.69. The van der Waals surface area contributed by atoms with Gasteiger partial charge in [0.1, 0.15) is 5.75 Å². The van der Waals surface area contributed by atoms with Crippen LogP contribution in [0.5, 0.6) is 5.75 Å². The first-order valence-corrected chi connectivity index (χ1v) is 9.12. The van der Waals surface area contributed by atoms with Crippen LogP contribution in [0, 0.1) is 0 Å². The van der Waals surface area contributed by atoms with Gasteiger partial charge in [-0.2, -0.15) is 0 Å². The zero-order valence-electron chi connectivity index (χ0n) is 16.1. The molecule has 0 saturated carbocycles. The van der Waals surface area contributed by atoms with E-state index in [0.717, 1.165) is 16.7 Å². The van der Waals surface area contributed by atoms with Gasteiger partial charge in [0.2, 0.25) is 12.3 Å². The quantitative estimate of drug-likeness (QED) is 0.536. The maximum Gasteiger partial charge on any atom is 0.247 e. The van der Waals surface area contributed by atoms with E-state index in [1.54, 1.807) is 12.1 Å². The molecule has 0 spiro atoms. The van der Waals surface area contributed by atoms with Gasteiger partial charge in [-0.1, -0.05) is 45.9 Å². The standard InChI is InChI=1S/C22H24N2O3/c1-14(2)17-7-10-19(20(11-17)15(3)4)21(25)12-26-18-8-5-16(6-9-18)22-24-23-13-27-22/h5-11,13-15H,12H2,1-4H3. The number of benzene rings is 2. The van der Waals surface area contributed by atoms with Crippen molar-refractivity contribution in [1.29, 1.82) is 0 Å². The smallest absolute Gasteiger partial charge is 0.247 e. The van der Waals surface area contributed by atoms with Gasteiger partial charge < -0.3 is 9.15 Å². The maximum atomic E-state index is 12.7. The molecule has 0 radical (unpaired) electrons. The van der Waals surface area contributed by atoms with Crippen molar-refractivity contribution >= 4 is 5.78 Å². The molecule has 3 aromatic rings. The molecule has 2 aromatic carbocycles. The molecule has 0 aliphatic carbocycles. The molecule has 0 fully saturated rings. The first kappa shape index (κ1) is 18.8. The molecule has 0 atom stereocenters. The molecule has 5 nitrogen and oxygen atoms in total. The number of nitrogens with zero attached hydrogens (tertiary/aromatic N) is 2. The average Bonchev–Trinajstić information content (AvgIpc) is 3.20. The molecule has 5 heteroatoms. The van der Waals surface area contributed by atoms with E-state index >= 15 is 0 Å². The van der Waals surface area contributed by atoms with Gasteiger partial charge in [-0.15, -0.1) is 10.2 Å². The molecule has 27 heavy (non-hydrogen) atoms. The van der Waals surface area contributed by atoms with Crippen LogP contribution in [0.15, 0.2) is 53.3 Å². The molecule has 0 N–H and O–H groups in total. The second-order valence-corrected chi connectivity index (χ2v) is 7.14. The van der Waals surface area contributed by atoms with Crippen molar-refractivity contribution in [3.8, 4) is 17.2 Å². The highest BCUT2D eigenvalue weighted by molar-refractivity contribution is 5.98. The van der Waals surface area contributed by atoms with Gasteiger partial charge in [0.15, 0.2) is 12.4 Å². The van der Waals surface area contributed by atoms with Crippen molar-refractivity contribution in [2.75, 3.05) is 6.61 Å². The highest BCUT2D eigenvalue weighted by Gasteiger charge is 2.16. The Balaban J connectivity index is 1.70. The van der Waals surface area contributed by atoms with E-state index in [0.29, 0.717) is 17.6 Å². The molecule has 0 aliphatic rings. The van der Waals surface area contributed by atoms with Crippen molar-refractivity contribution in [2.45, 2.75) is 39.5 Å². The monoisotopic (exact) mass is 364 g/mol. The lowest BCUT2D eigenvalue weighted by Gasteiger charge is -2.16. The maximum absolute atomic E-state index is 12.7. The molecule has 0 saturated heterocycles. The van der Waals surface area contributed by atoms with Crippen molar-refractivity contribution < 1.29 is 13.9 Å². The molecule has 0 bridgehead atoms. The van der Waals surface area contributed by atoms with Gasteiger partial charge in [-0.25, -0.2) is 0 Å². The first-order valence-electron chi connectivity index (χ1n) is 9.12. The van der Waals surface area contributed by atoms with Gasteiger partial charge in [0, 0.05) is 11.1 Å². The molecule has 0 aliphatic heterocycles. The van der Waals surface area contributed by atoms with Gasteiger partial charge in [0.05, 0.1) is 0 Å². The minimum atomic E-state index is -0.0185. The summed E-state index contributed by atoms with van der Waals surface area (Å²) in [5.41, 5.74) is 3.85. The average molecular weight is 364 g/mol. The summed E-state index contributed by atoms with van der Waals surface area (Å²) in [4.78, 5) is 12.7. The summed E-state index contributed by atoms with van der Waals surface area (Å²) in [7, 11) is 0. The number of carbonyl (C=O) groups is 1. The summed E-state index contributed by atoms with van der Waals surface area (Å²) >= 11 is 0. The minimum Gasteiger partial charge on any atom is -0.485 e. The lowest BCUT2D eigenvalue weighted by atomic mass is 9.90. The topological polar surface area (TPSA) is 65.2 Å². The number of hydrogen-bond donors (Lipinski definition) is 0. The van der Waals surface area contributed by atoms with E-state index in [2.05, 4.69) is 44.0 Å². The summed E-state index contributed by atoms with van der Waals surface area (Å²) < 4.78 is 10.9. The van der Waals surface area contributed by atoms with E-state index in [1.165, 1.54) is 12.0 Å². The zero-order valence-corrected chi connectivity index (χ0v) is 16.1. The third kappa shape index (κ3) is 4.42. The number of rotatable bonds is 7. The summed E-state index contributed by atoms with van der Waals surface area (Å²) in [5.74, 6) is 1.76. The fraction of sp³-hybridized carbons (Fsp3) is 0.318. The second kappa shape index (κ2) is 8.16. The van der Waals surface area contributed by atoms with E-state index in [1.807, 2.05) is 24.3 Å². The van der Waals surface area contributed by atoms with Crippen LogP contribution in [0.4, 0.5) is 0 Å². The van der Waals surface area contributed by atoms with Crippen molar-refractivity contribution in [2.24, 2.45) is 0 Å². The molecular formula is C22H24N2O3. The predicted octanol–water partition coefficient (Wildman–Crippen LogP) is 5.25. The van der Waals surface area contributed by atoms with Crippen molar-refractivity contribution in [3.63, 3.8) is 0 Å².